The number of alkyl halides is 3. The second kappa shape index (κ2) is 6.62. The number of rotatable bonds is 2. The maximum absolute atomic E-state index is 12.6. The molecule has 2 amide bonds. The van der Waals surface area contributed by atoms with Gasteiger partial charge in [0.05, 0.1) is 17.1 Å². The van der Waals surface area contributed by atoms with Crippen LogP contribution >= 0.6 is 15.9 Å². The third-order valence-corrected chi connectivity index (χ3v) is 4.70. The number of fused-ring (bicyclic) bond motifs is 1. The standard InChI is InChI=1S/C15H16BrF3N4O/c16-12-6-5-10-13(23-12)11(7-20-10)22-14(24)21-9-3-1-8(2-4-9)15(17,18)19/h5-9,20H,1-4H2,(H2,21,22,24). The van der Waals surface area contributed by atoms with Crippen LogP contribution in [0.2, 0.25) is 0 Å². The van der Waals surface area contributed by atoms with Gasteiger partial charge in [0.2, 0.25) is 0 Å². The van der Waals surface area contributed by atoms with Gasteiger partial charge >= 0.3 is 12.2 Å². The fourth-order valence-electron chi connectivity index (χ4n) is 2.98. The van der Waals surface area contributed by atoms with Crippen molar-refractivity contribution in [3.05, 3.63) is 22.9 Å². The molecule has 2 aromatic rings. The van der Waals surface area contributed by atoms with E-state index in [9.17, 15) is 18.0 Å². The van der Waals surface area contributed by atoms with E-state index in [1.54, 1.807) is 12.3 Å². The van der Waals surface area contributed by atoms with E-state index >= 15 is 0 Å². The molecule has 2 aromatic heterocycles. The zero-order valence-electron chi connectivity index (χ0n) is 12.6. The van der Waals surface area contributed by atoms with Crippen LogP contribution in [0.25, 0.3) is 11.0 Å². The highest BCUT2D eigenvalue weighted by Gasteiger charge is 2.41. The minimum Gasteiger partial charge on any atom is -0.358 e. The number of nitrogens with zero attached hydrogens (tertiary/aromatic N) is 1. The molecule has 3 N–H and O–H groups in total. The Labute approximate surface area is 144 Å². The minimum absolute atomic E-state index is 0.0516. The first-order valence-corrected chi connectivity index (χ1v) is 8.40. The molecule has 1 aliphatic carbocycles. The van der Waals surface area contributed by atoms with Gasteiger partial charge in [0.1, 0.15) is 10.1 Å². The Morgan fingerprint density at radius 2 is 1.96 bits per heavy atom. The first-order valence-electron chi connectivity index (χ1n) is 7.61. The Hall–Kier alpha value is -1.77. The van der Waals surface area contributed by atoms with Crippen molar-refractivity contribution < 1.29 is 18.0 Å². The summed E-state index contributed by atoms with van der Waals surface area (Å²) in [7, 11) is 0. The Balaban J connectivity index is 1.57. The lowest BCUT2D eigenvalue weighted by molar-refractivity contribution is -0.182. The molecule has 0 aromatic carbocycles. The van der Waals surface area contributed by atoms with Crippen LogP contribution in [0.4, 0.5) is 23.7 Å². The summed E-state index contributed by atoms with van der Waals surface area (Å²) in [6.45, 7) is 0. The fraction of sp³-hybridized carbons (Fsp3) is 0.467. The van der Waals surface area contributed by atoms with Crippen LogP contribution in [0.5, 0.6) is 0 Å². The average Bonchev–Trinajstić information content (AvgIpc) is 2.89. The zero-order chi connectivity index (χ0) is 17.3. The number of urea groups is 1. The number of pyridine rings is 1. The Kier molecular flexibility index (Phi) is 4.71. The Bertz CT molecular complexity index is 738. The molecule has 0 radical (unpaired) electrons. The van der Waals surface area contributed by atoms with Crippen molar-refractivity contribution in [3.63, 3.8) is 0 Å². The van der Waals surface area contributed by atoms with E-state index in [1.807, 2.05) is 6.07 Å². The van der Waals surface area contributed by atoms with Crippen LogP contribution in [0, 0.1) is 5.92 Å². The molecule has 9 heteroatoms. The highest BCUT2D eigenvalue weighted by molar-refractivity contribution is 9.10. The molecule has 24 heavy (non-hydrogen) atoms. The first kappa shape index (κ1) is 17.1. The monoisotopic (exact) mass is 404 g/mol. The smallest absolute Gasteiger partial charge is 0.358 e. The number of amides is 2. The molecule has 5 nitrogen and oxygen atoms in total. The van der Waals surface area contributed by atoms with E-state index < -0.39 is 18.1 Å². The Morgan fingerprint density at radius 3 is 2.62 bits per heavy atom. The Morgan fingerprint density at radius 1 is 1.25 bits per heavy atom. The number of H-pyrrole nitrogens is 1. The lowest BCUT2D eigenvalue weighted by Gasteiger charge is -2.30. The summed E-state index contributed by atoms with van der Waals surface area (Å²) >= 11 is 3.27. The quantitative estimate of drug-likeness (QED) is 0.641. The number of halogens is 4. The molecule has 0 saturated heterocycles. The number of aromatic nitrogens is 2. The van der Waals surface area contributed by atoms with Gasteiger partial charge in [-0.2, -0.15) is 13.2 Å². The van der Waals surface area contributed by atoms with E-state index in [-0.39, 0.29) is 18.9 Å². The molecule has 130 valence electrons. The molecular formula is C15H16BrF3N4O. The number of hydrogen-bond acceptors (Lipinski definition) is 2. The average molecular weight is 405 g/mol. The predicted molar refractivity (Wildman–Crippen MR) is 87.7 cm³/mol. The molecule has 3 rings (SSSR count). The molecule has 0 aliphatic heterocycles. The van der Waals surface area contributed by atoms with Crippen molar-refractivity contribution in [2.45, 2.75) is 37.9 Å². The predicted octanol–water partition coefficient (Wildman–Crippen LogP) is 4.57. The third kappa shape index (κ3) is 3.82. The minimum atomic E-state index is -4.14. The van der Waals surface area contributed by atoms with Gasteiger partial charge in [-0.25, -0.2) is 9.78 Å². The van der Waals surface area contributed by atoms with Crippen molar-refractivity contribution in [1.82, 2.24) is 15.3 Å². The molecule has 1 fully saturated rings. The zero-order valence-corrected chi connectivity index (χ0v) is 14.2. The van der Waals surface area contributed by atoms with Crippen LogP contribution in [0.15, 0.2) is 22.9 Å². The van der Waals surface area contributed by atoms with Crippen LogP contribution in [-0.4, -0.2) is 28.2 Å². The number of nitrogens with one attached hydrogen (secondary N) is 3. The summed E-state index contributed by atoms with van der Waals surface area (Å²) in [5.74, 6) is -1.26. The van der Waals surface area contributed by atoms with Gasteiger partial charge in [-0.3, -0.25) is 0 Å². The van der Waals surface area contributed by atoms with Gasteiger partial charge in [-0.05, 0) is 53.7 Å². The molecular weight excluding hydrogens is 389 g/mol. The van der Waals surface area contributed by atoms with Crippen LogP contribution in [0.3, 0.4) is 0 Å². The maximum Gasteiger partial charge on any atom is 0.391 e. The van der Waals surface area contributed by atoms with E-state index in [2.05, 4.69) is 36.5 Å². The second-order valence-electron chi connectivity index (χ2n) is 5.92. The lowest BCUT2D eigenvalue weighted by atomic mass is 9.86. The largest absolute Gasteiger partial charge is 0.391 e. The van der Waals surface area contributed by atoms with Crippen molar-refractivity contribution in [1.29, 1.82) is 0 Å². The van der Waals surface area contributed by atoms with Gasteiger partial charge in [0.15, 0.2) is 0 Å². The van der Waals surface area contributed by atoms with Gasteiger partial charge in [-0.1, -0.05) is 0 Å². The number of aromatic amines is 1. The topological polar surface area (TPSA) is 69.8 Å². The van der Waals surface area contributed by atoms with E-state index in [1.165, 1.54) is 0 Å². The van der Waals surface area contributed by atoms with Crippen LogP contribution in [0.1, 0.15) is 25.7 Å². The van der Waals surface area contributed by atoms with E-state index in [0.29, 0.717) is 28.6 Å². The number of anilines is 1. The maximum atomic E-state index is 12.6. The highest BCUT2D eigenvalue weighted by atomic mass is 79.9. The molecule has 0 bridgehead atoms. The van der Waals surface area contributed by atoms with Gasteiger partial charge in [0, 0.05) is 12.2 Å². The number of carbonyl (C=O) groups excluding carboxylic acids is 1. The SMILES string of the molecule is O=C(Nc1c[nH]c2ccc(Br)nc12)NC1CCC(C(F)(F)F)CC1. The van der Waals surface area contributed by atoms with Gasteiger partial charge < -0.3 is 15.6 Å². The van der Waals surface area contributed by atoms with Crippen molar-refractivity contribution in [2.24, 2.45) is 5.92 Å². The molecule has 0 atom stereocenters. The van der Waals surface area contributed by atoms with Crippen LogP contribution < -0.4 is 10.6 Å². The first-order chi connectivity index (χ1) is 11.3. The third-order valence-electron chi connectivity index (χ3n) is 4.26. The van der Waals surface area contributed by atoms with Gasteiger partial charge in [0.25, 0.3) is 0 Å². The molecule has 1 saturated carbocycles. The summed E-state index contributed by atoms with van der Waals surface area (Å²) in [6.07, 6.45) is -1.75. The summed E-state index contributed by atoms with van der Waals surface area (Å²) in [6, 6.07) is 2.93. The van der Waals surface area contributed by atoms with Crippen molar-refractivity contribution in [2.75, 3.05) is 5.32 Å². The lowest BCUT2D eigenvalue weighted by Crippen LogP contribution is -2.41. The summed E-state index contributed by atoms with van der Waals surface area (Å²) in [5.41, 5.74) is 1.91. The summed E-state index contributed by atoms with van der Waals surface area (Å²) in [5, 5.41) is 5.43. The molecule has 1 aliphatic rings. The normalized spacial score (nSPS) is 21.7. The number of carbonyl (C=O) groups is 1. The second-order valence-corrected chi connectivity index (χ2v) is 6.73. The number of hydrogen-bond donors (Lipinski definition) is 3. The summed E-state index contributed by atoms with van der Waals surface area (Å²) < 4.78 is 38.6. The molecule has 0 spiro atoms. The fourth-order valence-corrected chi connectivity index (χ4v) is 3.29. The van der Waals surface area contributed by atoms with Crippen molar-refractivity contribution >= 4 is 38.7 Å². The van der Waals surface area contributed by atoms with Crippen molar-refractivity contribution in [3.8, 4) is 0 Å². The van der Waals surface area contributed by atoms with E-state index in [4.69, 9.17) is 0 Å². The summed E-state index contributed by atoms with van der Waals surface area (Å²) in [4.78, 5) is 19.4. The van der Waals surface area contributed by atoms with Crippen LogP contribution in [-0.2, 0) is 0 Å². The van der Waals surface area contributed by atoms with E-state index in [0.717, 1.165) is 5.52 Å². The van der Waals surface area contributed by atoms with Gasteiger partial charge in [-0.15, -0.1) is 0 Å². The highest BCUT2D eigenvalue weighted by Crippen LogP contribution is 2.37. The molecule has 0 unspecified atom stereocenters. The molecule has 2 heterocycles.